The van der Waals surface area contributed by atoms with Gasteiger partial charge in [-0.1, -0.05) is 30.3 Å². The highest BCUT2D eigenvalue weighted by Crippen LogP contribution is 2.22. The Morgan fingerprint density at radius 2 is 2.06 bits per heavy atom. The second kappa shape index (κ2) is 4.93. The van der Waals surface area contributed by atoms with E-state index in [-0.39, 0.29) is 0 Å². The lowest BCUT2D eigenvalue weighted by molar-refractivity contribution is -0.114. The average Bonchev–Trinajstić information content (AvgIpc) is 2.78. The van der Waals surface area contributed by atoms with E-state index in [0.717, 1.165) is 16.3 Å². The molecule has 2 rings (SSSR count). The lowest BCUT2D eigenvalue weighted by Crippen LogP contribution is -2.11. The summed E-state index contributed by atoms with van der Waals surface area (Å²) in [6.07, 6.45) is 1.71. The van der Waals surface area contributed by atoms with E-state index in [1.54, 1.807) is 13.0 Å². The summed E-state index contributed by atoms with van der Waals surface area (Å²) in [7, 11) is 0. The summed E-state index contributed by atoms with van der Waals surface area (Å²) < 4.78 is 0. The molecule has 2 N–H and O–H groups in total. The van der Waals surface area contributed by atoms with E-state index in [4.69, 9.17) is 5.73 Å². The molecule has 0 unspecified atom stereocenters. The van der Waals surface area contributed by atoms with Crippen LogP contribution in [0.4, 0.5) is 0 Å². The van der Waals surface area contributed by atoms with Crippen molar-refractivity contribution in [2.24, 2.45) is 5.73 Å². The van der Waals surface area contributed by atoms with Crippen molar-refractivity contribution >= 4 is 23.3 Å². The van der Waals surface area contributed by atoms with Crippen LogP contribution < -0.4 is 5.73 Å². The second-order valence-corrected chi connectivity index (χ2v) is 4.52. The number of carbonyl (C=O) groups excluding carboxylic acids is 1. The highest BCUT2D eigenvalue weighted by Gasteiger charge is 2.04. The third-order valence-electron chi connectivity index (χ3n) is 2.32. The molecule has 0 fully saturated rings. The van der Waals surface area contributed by atoms with Gasteiger partial charge in [-0.15, -0.1) is 11.3 Å². The number of nitrogens with two attached hydrogens (primary N) is 1. The minimum absolute atomic E-state index is 0.415. The van der Waals surface area contributed by atoms with Crippen molar-refractivity contribution in [2.75, 3.05) is 0 Å². The number of thiazole rings is 1. The third-order valence-corrected chi connectivity index (χ3v) is 3.11. The molecule has 0 aliphatic heterocycles. The topological polar surface area (TPSA) is 56.0 Å². The van der Waals surface area contributed by atoms with Gasteiger partial charge in [0.2, 0.25) is 5.91 Å². The van der Waals surface area contributed by atoms with Crippen LogP contribution in [0.15, 0.2) is 41.3 Å². The molecule has 17 heavy (non-hydrogen) atoms. The monoisotopic (exact) mass is 244 g/mol. The fourth-order valence-electron chi connectivity index (χ4n) is 1.35. The maximum atomic E-state index is 10.9. The predicted molar refractivity (Wildman–Crippen MR) is 70.4 cm³/mol. The highest BCUT2D eigenvalue weighted by molar-refractivity contribution is 7.10. The van der Waals surface area contributed by atoms with Gasteiger partial charge in [0.15, 0.2) is 0 Å². The predicted octanol–water partition coefficient (Wildman–Crippen LogP) is 2.70. The molecular weight excluding hydrogens is 232 g/mol. The number of carbonyl (C=O) groups is 1. The Morgan fingerprint density at radius 1 is 1.35 bits per heavy atom. The number of benzene rings is 1. The Bertz CT molecular complexity index is 558. The lowest BCUT2D eigenvalue weighted by Gasteiger charge is -1.94. The molecule has 1 heterocycles. The normalized spacial score (nSPS) is 11.5. The van der Waals surface area contributed by atoms with Gasteiger partial charge in [0.05, 0.1) is 5.69 Å². The smallest absolute Gasteiger partial charge is 0.244 e. The highest BCUT2D eigenvalue weighted by atomic mass is 32.1. The van der Waals surface area contributed by atoms with Crippen molar-refractivity contribution in [1.82, 2.24) is 4.98 Å². The molecule has 2 aromatic rings. The number of hydrogen-bond donors (Lipinski definition) is 1. The first-order valence-corrected chi connectivity index (χ1v) is 6.04. The van der Waals surface area contributed by atoms with E-state index in [2.05, 4.69) is 4.98 Å². The van der Waals surface area contributed by atoms with Crippen LogP contribution in [0.3, 0.4) is 0 Å². The van der Waals surface area contributed by atoms with Crippen molar-refractivity contribution < 1.29 is 4.79 Å². The van der Waals surface area contributed by atoms with Crippen molar-refractivity contribution in [3.63, 3.8) is 0 Å². The minimum atomic E-state index is -0.415. The van der Waals surface area contributed by atoms with Gasteiger partial charge in [0, 0.05) is 16.5 Å². The summed E-state index contributed by atoms with van der Waals surface area (Å²) in [5.74, 6) is -0.415. The fourth-order valence-corrected chi connectivity index (χ4v) is 2.17. The van der Waals surface area contributed by atoms with Gasteiger partial charge in [-0.05, 0) is 13.0 Å². The summed E-state index contributed by atoms with van der Waals surface area (Å²) in [6, 6.07) is 9.92. The summed E-state index contributed by atoms with van der Waals surface area (Å²) in [4.78, 5) is 15.3. The SMILES string of the molecule is C/C(=C\c1nc(-c2ccccc2)cs1)C(N)=O. The maximum absolute atomic E-state index is 10.9. The average molecular weight is 244 g/mol. The van der Waals surface area contributed by atoms with Crippen LogP contribution in [-0.2, 0) is 4.79 Å². The molecule has 0 aliphatic rings. The van der Waals surface area contributed by atoms with Crippen LogP contribution in [0.5, 0.6) is 0 Å². The summed E-state index contributed by atoms with van der Waals surface area (Å²) in [6.45, 7) is 1.69. The first kappa shape index (κ1) is 11.5. The number of amides is 1. The van der Waals surface area contributed by atoms with Crippen molar-refractivity contribution in [2.45, 2.75) is 6.92 Å². The molecule has 0 bridgehead atoms. The van der Waals surface area contributed by atoms with E-state index in [1.807, 2.05) is 35.7 Å². The molecule has 0 aliphatic carbocycles. The Kier molecular flexibility index (Phi) is 3.35. The first-order valence-electron chi connectivity index (χ1n) is 5.16. The summed E-state index contributed by atoms with van der Waals surface area (Å²) in [5.41, 5.74) is 7.67. The van der Waals surface area contributed by atoms with Crippen molar-refractivity contribution in [1.29, 1.82) is 0 Å². The van der Waals surface area contributed by atoms with E-state index in [9.17, 15) is 4.79 Å². The zero-order valence-electron chi connectivity index (χ0n) is 9.38. The Labute approximate surface area is 104 Å². The van der Waals surface area contributed by atoms with Crippen LogP contribution in [0, 0.1) is 0 Å². The molecule has 0 atom stereocenters. The molecule has 0 spiro atoms. The van der Waals surface area contributed by atoms with Gasteiger partial charge >= 0.3 is 0 Å². The van der Waals surface area contributed by atoms with Crippen LogP contribution in [0.1, 0.15) is 11.9 Å². The molecule has 0 saturated carbocycles. The van der Waals surface area contributed by atoms with Crippen LogP contribution >= 0.6 is 11.3 Å². The van der Waals surface area contributed by atoms with Gasteiger partial charge < -0.3 is 5.73 Å². The molecule has 0 saturated heterocycles. The number of primary amides is 1. The lowest BCUT2D eigenvalue weighted by atomic mass is 10.2. The van der Waals surface area contributed by atoms with Gasteiger partial charge in [-0.25, -0.2) is 4.98 Å². The first-order chi connectivity index (χ1) is 8.16. The van der Waals surface area contributed by atoms with Crippen molar-refractivity contribution in [3.8, 4) is 11.3 Å². The number of aromatic nitrogens is 1. The van der Waals surface area contributed by atoms with E-state index < -0.39 is 5.91 Å². The molecule has 86 valence electrons. The van der Waals surface area contributed by atoms with Gasteiger partial charge in [0.25, 0.3) is 0 Å². The van der Waals surface area contributed by atoms with Gasteiger partial charge in [0.1, 0.15) is 5.01 Å². The van der Waals surface area contributed by atoms with E-state index >= 15 is 0 Å². The quantitative estimate of drug-likeness (QED) is 0.844. The number of hydrogen-bond acceptors (Lipinski definition) is 3. The minimum Gasteiger partial charge on any atom is -0.366 e. The van der Waals surface area contributed by atoms with Crippen LogP contribution in [-0.4, -0.2) is 10.9 Å². The molecule has 1 amide bonds. The van der Waals surface area contributed by atoms with Crippen molar-refractivity contribution in [3.05, 3.63) is 46.3 Å². The van der Waals surface area contributed by atoms with Gasteiger partial charge in [-0.2, -0.15) is 0 Å². The Hall–Kier alpha value is -1.94. The standard InChI is InChI=1S/C13H12N2OS/c1-9(13(14)16)7-12-15-11(8-17-12)10-5-3-2-4-6-10/h2-8H,1H3,(H2,14,16)/b9-7+. The van der Waals surface area contributed by atoms with Gasteiger partial charge in [-0.3, -0.25) is 4.79 Å². The fraction of sp³-hybridized carbons (Fsp3) is 0.0769. The Balaban J connectivity index is 2.29. The maximum Gasteiger partial charge on any atom is 0.244 e. The van der Waals surface area contributed by atoms with Crippen LogP contribution in [0.2, 0.25) is 0 Å². The van der Waals surface area contributed by atoms with Crippen LogP contribution in [0.25, 0.3) is 17.3 Å². The van der Waals surface area contributed by atoms with E-state index in [0.29, 0.717) is 5.57 Å². The molecule has 0 radical (unpaired) electrons. The third kappa shape index (κ3) is 2.79. The largest absolute Gasteiger partial charge is 0.366 e. The Morgan fingerprint density at radius 3 is 2.71 bits per heavy atom. The molecule has 1 aromatic heterocycles. The molecule has 4 heteroatoms. The molecule has 3 nitrogen and oxygen atoms in total. The zero-order valence-corrected chi connectivity index (χ0v) is 10.2. The summed E-state index contributed by atoms with van der Waals surface area (Å²) >= 11 is 1.49. The number of nitrogens with zero attached hydrogens (tertiary/aromatic N) is 1. The second-order valence-electron chi connectivity index (χ2n) is 3.63. The summed E-state index contributed by atoms with van der Waals surface area (Å²) in [5, 5.41) is 2.76. The molecular formula is C13H12N2OS. The van der Waals surface area contributed by atoms with E-state index in [1.165, 1.54) is 11.3 Å². The number of rotatable bonds is 3. The zero-order chi connectivity index (χ0) is 12.3. The molecule has 1 aromatic carbocycles.